The molecule has 0 fully saturated rings. The lowest BCUT2D eigenvalue weighted by Crippen LogP contribution is -2.05. The molecular weight excluding hydrogens is 234 g/mol. The van der Waals surface area contributed by atoms with E-state index in [-0.39, 0.29) is 0 Å². The van der Waals surface area contributed by atoms with Crippen molar-refractivity contribution in [2.75, 3.05) is 11.9 Å². The van der Waals surface area contributed by atoms with Gasteiger partial charge in [0.25, 0.3) is 0 Å². The van der Waals surface area contributed by atoms with Crippen LogP contribution in [-0.4, -0.2) is 11.5 Å². The molecule has 0 saturated heterocycles. The molecule has 1 heterocycles. The summed E-state index contributed by atoms with van der Waals surface area (Å²) in [5.74, 6) is 0.601. The smallest absolute Gasteiger partial charge is 0.146 e. The summed E-state index contributed by atoms with van der Waals surface area (Å²) in [4.78, 5) is 4.14. The summed E-state index contributed by atoms with van der Waals surface area (Å²) in [6, 6.07) is 3.66. The van der Waals surface area contributed by atoms with Crippen molar-refractivity contribution in [3.63, 3.8) is 0 Å². The van der Waals surface area contributed by atoms with Gasteiger partial charge < -0.3 is 5.32 Å². The standard InChI is InChI=1S/C13H14ClN3/c14-12-11(9-15)6-8-17-13(12)16-7-5-10-3-1-2-4-10/h3,6,8H,1-2,4-5,7H2,(H,16,17). The van der Waals surface area contributed by atoms with Gasteiger partial charge in [-0.25, -0.2) is 4.98 Å². The van der Waals surface area contributed by atoms with Crippen molar-refractivity contribution in [1.82, 2.24) is 4.98 Å². The van der Waals surface area contributed by atoms with E-state index in [4.69, 9.17) is 16.9 Å². The summed E-state index contributed by atoms with van der Waals surface area (Å²) in [5.41, 5.74) is 1.97. The second-order valence-electron chi connectivity index (χ2n) is 4.06. The van der Waals surface area contributed by atoms with Gasteiger partial charge in [0.15, 0.2) is 0 Å². The molecule has 0 radical (unpaired) electrons. The molecule has 1 aliphatic rings. The maximum absolute atomic E-state index is 8.84. The number of pyridine rings is 1. The fourth-order valence-corrected chi connectivity index (χ4v) is 2.18. The highest BCUT2D eigenvalue weighted by Crippen LogP contribution is 2.24. The van der Waals surface area contributed by atoms with Crippen molar-refractivity contribution in [3.05, 3.63) is 34.5 Å². The second-order valence-corrected chi connectivity index (χ2v) is 4.44. The first-order valence-electron chi connectivity index (χ1n) is 5.77. The first kappa shape index (κ1) is 11.9. The van der Waals surface area contributed by atoms with Gasteiger partial charge >= 0.3 is 0 Å². The van der Waals surface area contributed by atoms with E-state index in [1.165, 1.54) is 24.8 Å². The van der Waals surface area contributed by atoms with Gasteiger partial charge in [-0.05, 0) is 31.7 Å². The maximum atomic E-state index is 8.84. The minimum absolute atomic E-state index is 0.412. The van der Waals surface area contributed by atoms with Crippen molar-refractivity contribution in [3.8, 4) is 6.07 Å². The third-order valence-electron chi connectivity index (χ3n) is 2.88. The summed E-state index contributed by atoms with van der Waals surface area (Å²) in [6.07, 6.45) is 8.62. The molecule has 0 atom stereocenters. The van der Waals surface area contributed by atoms with E-state index in [0.717, 1.165) is 13.0 Å². The number of halogens is 1. The van der Waals surface area contributed by atoms with Crippen LogP contribution in [-0.2, 0) is 0 Å². The molecule has 4 heteroatoms. The minimum atomic E-state index is 0.412. The summed E-state index contributed by atoms with van der Waals surface area (Å²) in [6.45, 7) is 0.813. The van der Waals surface area contributed by atoms with Crippen LogP contribution in [0.2, 0.25) is 5.02 Å². The fraction of sp³-hybridized carbons (Fsp3) is 0.385. The van der Waals surface area contributed by atoms with Crippen LogP contribution < -0.4 is 5.32 Å². The molecule has 0 aromatic carbocycles. The Bertz CT molecular complexity index is 474. The number of nitrogens with one attached hydrogen (secondary N) is 1. The Balaban J connectivity index is 1.93. The van der Waals surface area contributed by atoms with E-state index in [1.807, 2.05) is 6.07 Å². The Labute approximate surface area is 106 Å². The monoisotopic (exact) mass is 247 g/mol. The number of allylic oxidation sites excluding steroid dienone is 1. The van der Waals surface area contributed by atoms with E-state index < -0.39 is 0 Å². The number of hydrogen-bond acceptors (Lipinski definition) is 3. The molecule has 0 saturated carbocycles. The summed E-state index contributed by atoms with van der Waals surface area (Å²) < 4.78 is 0. The van der Waals surface area contributed by atoms with Crippen molar-refractivity contribution >= 4 is 17.4 Å². The van der Waals surface area contributed by atoms with Gasteiger partial charge in [-0.3, -0.25) is 0 Å². The van der Waals surface area contributed by atoms with Crippen molar-refractivity contribution < 1.29 is 0 Å². The van der Waals surface area contributed by atoms with Gasteiger partial charge in [0.05, 0.1) is 5.56 Å². The van der Waals surface area contributed by atoms with Crippen LogP contribution in [0, 0.1) is 11.3 Å². The lowest BCUT2D eigenvalue weighted by Gasteiger charge is -2.08. The van der Waals surface area contributed by atoms with Crippen LogP contribution in [0.5, 0.6) is 0 Å². The van der Waals surface area contributed by atoms with E-state index in [9.17, 15) is 0 Å². The van der Waals surface area contributed by atoms with Crippen LogP contribution in [0.15, 0.2) is 23.9 Å². The zero-order valence-electron chi connectivity index (χ0n) is 9.54. The quantitative estimate of drug-likeness (QED) is 0.829. The molecular formula is C13H14ClN3. The molecule has 1 aromatic rings. The number of rotatable bonds is 4. The minimum Gasteiger partial charge on any atom is -0.368 e. The fourth-order valence-electron chi connectivity index (χ4n) is 1.96. The Morgan fingerprint density at radius 2 is 2.41 bits per heavy atom. The molecule has 3 nitrogen and oxygen atoms in total. The largest absolute Gasteiger partial charge is 0.368 e. The van der Waals surface area contributed by atoms with Crippen molar-refractivity contribution in [1.29, 1.82) is 5.26 Å². The Kier molecular flexibility index (Phi) is 4.00. The summed E-state index contributed by atoms with van der Waals surface area (Å²) in [5, 5.41) is 12.4. The van der Waals surface area contributed by atoms with Crippen LogP contribution in [0.25, 0.3) is 0 Å². The zero-order chi connectivity index (χ0) is 12.1. The molecule has 1 N–H and O–H groups in total. The summed E-state index contributed by atoms with van der Waals surface area (Å²) in [7, 11) is 0. The van der Waals surface area contributed by atoms with Crippen LogP contribution in [0.3, 0.4) is 0 Å². The molecule has 1 aliphatic carbocycles. The molecule has 88 valence electrons. The van der Waals surface area contributed by atoms with Crippen molar-refractivity contribution in [2.45, 2.75) is 25.7 Å². The third-order valence-corrected chi connectivity index (χ3v) is 3.27. The highest BCUT2D eigenvalue weighted by Gasteiger charge is 2.08. The van der Waals surface area contributed by atoms with Crippen LogP contribution in [0.1, 0.15) is 31.2 Å². The molecule has 0 bridgehead atoms. The lowest BCUT2D eigenvalue weighted by atomic mass is 10.2. The van der Waals surface area contributed by atoms with Gasteiger partial charge in [-0.15, -0.1) is 0 Å². The van der Waals surface area contributed by atoms with E-state index in [2.05, 4.69) is 16.4 Å². The molecule has 2 rings (SSSR count). The molecule has 0 unspecified atom stereocenters. The van der Waals surface area contributed by atoms with E-state index in [1.54, 1.807) is 12.3 Å². The SMILES string of the molecule is N#Cc1ccnc(NCCC2=CCCC2)c1Cl. The third kappa shape index (κ3) is 2.98. The summed E-state index contributed by atoms with van der Waals surface area (Å²) >= 11 is 6.04. The molecule has 0 aliphatic heterocycles. The van der Waals surface area contributed by atoms with E-state index in [0.29, 0.717) is 16.4 Å². The molecule has 0 amide bonds. The molecule has 0 spiro atoms. The number of hydrogen-bond donors (Lipinski definition) is 1. The predicted molar refractivity (Wildman–Crippen MR) is 69.0 cm³/mol. The number of anilines is 1. The Morgan fingerprint density at radius 1 is 1.53 bits per heavy atom. The average molecular weight is 248 g/mol. The Morgan fingerprint density at radius 3 is 3.12 bits per heavy atom. The lowest BCUT2D eigenvalue weighted by molar-refractivity contribution is 0.862. The molecule has 1 aromatic heterocycles. The first-order valence-corrected chi connectivity index (χ1v) is 6.15. The highest BCUT2D eigenvalue weighted by atomic mass is 35.5. The van der Waals surface area contributed by atoms with E-state index >= 15 is 0 Å². The van der Waals surface area contributed by atoms with Gasteiger partial charge in [0.2, 0.25) is 0 Å². The topological polar surface area (TPSA) is 48.7 Å². The van der Waals surface area contributed by atoms with Gasteiger partial charge in [-0.2, -0.15) is 5.26 Å². The van der Waals surface area contributed by atoms with Gasteiger partial charge in [0, 0.05) is 12.7 Å². The second kappa shape index (κ2) is 5.70. The van der Waals surface area contributed by atoms with Crippen LogP contribution >= 0.6 is 11.6 Å². The maximum Gasteiger partial charge on any atom is 0.146 e. The number of aromatic nitrogens is 1. The van der Waals surface area contributed by atoms with Crippen LogP contribution in [0.4, 0.5) is 5.82 Å². The van der Waals surface area contributed by atoms with Crippen molar-refractivity contribution in [2.24, 2.45) is 0 Å². The first-order chi connectivity index (χ1) is 8.31. The highest BCUT2D eigenvalue weighted by molar-refractivity contribution is 6.34. The number of nitrogens with zero attached hydrogens (tertiary/aromatic N) is 2. The predicted octanol–water partition coefficient (Wildman–Crippen LogP) is 3.52. The number of nitriles is 1. The normalized spacial score (nSPS) is 14.2. The Hall–Kier alpha value is -1.53. The zero-order valence-corrected chi connectivity index (χ0v) is 10.3. The van der Waals surface area contributed by atoms with Gasteiger partial charge in [-0.1, -0.05) is 23.3 Å². The van der Waals surface area contributed by atoms with Gasteiger partial charge in [0.1, 0.15) is 16.9 Å². The average Bonchev–Trinajstić information content (AvgIpc) is 2.84. The molecule has 17 heavy (non-hydrogen) atoms.